The van der Waals surface area contributed by atoms with E-state index >= 15 is 0 Å². The maximum Gasteiger partial charge on any atom is 0.255 e. The Morgan fingerprint density at radius 1 is 1.28 bits per heavy atom. The molecule has 9 heteroatoms. The number of hydrogen-bond donors (Lipinski definition) is 2. The van der Waals surface area contributed by atoms with Crippen molar-refractivity contribution in [2.75, 3.05) is 17.8 Å². The summed E-state index contributed by atoms with van der Waals surface area (Å²) in [5.41, 5.74) is 3.14. The number of aromatic nitrogens is 2. The normalized spacial score (nSPS) is 18.3. The summed E-state index contributed by atoms with van der Waals surface area (Å²) < 4.78 is 14.4. The molecule has 0 radical (unpaired) electrons. The molecule has 2 fully saturated rings. The number of amides is 1. The van der Waals surface area contributed by atoms with Gasteiger partial charge >= 0.3 is 0 Å². The van der Waals surface area contributed by atoms with Gasteiger partial charge in [0.2, 0.25) is 0 Å². The number of rotatable bonds is 7. The van der Waals surface area contributed by atoms with Crippen LogP contribution in [0, 0.1) is 12.8 Å². The van der Waals surface area contributed by atoms with Crippen LogP contribution < -0.4 is 14.2 Å². The van der Waals surface area contributed by atoms with Crippen LogP contribution in [0.25, 0.3) is 5.52 Å². The van der Waals surface area contributed by atoms with E-state index in [0.29, 0.717) is 34.0 Å². The van der Waals surface area contributed by atoms with E-state index in [4.69, 9.17) is 16.3 Å². The summed E-state index contributed by atoms with van der Waals surface area (Å²) in [6, 6.07) is 7.96. The molecule has 1 aromatic carbocycles. The van der Waals surface area contributed by atoms with Gasteiger partial charge in [-0.3, -0.25) is 4.79 Å². The van der Waals surface area contributed by atoms with Crippen molar-refractivity contribution in [3.8, 4) is 11.5 Å². The summed E-state index contributed by atoms with van der Waals surface area (Å²) >= 11 is 7.90. The van der Waals surface area contributed by atoms with Crippen molar-refractivity contribution in [2.45, 2.75) is 39.2 Å². The fraction of sp³-hybridized carbons (Fsp3) is 0.391. The van der Waals surface area contributed by atoms with E-state index < -0.39 is 0 Å². The Kier molecular flexibility index (Phi) is 5.92. The van der Waals surface area contributed by atoms with Crippen LogP contribution >= 0.6 is 23.7 Å². The number of likely N-dealkylation sites (tertiary alicyclic amines) is 1. The molecule has 2 aliphatic rings. The molecular formula is C23H26ClN5O2S. The first kappa shape index (κ1) is 21.4. The third-order valence-corrected chi connectivity index (χ3v) is 7.05. The van der Waals surface area contributed by atoms with Crippen molar-refractivity contribution in [1.82, 2.24) is 19.2 Å². The maximum atomic E-state index is 13.1. The number of anilines is 1. The average molecular weight is 472 g/mol. The number of carbonyl (C=O) groups excluding carboxylic acids is 1. The highest BCUT2D eigenvalue weighted by Gasteiger charge is 2.27. The van der Waals surface area contributed by atoms with E-state index in [1.165, 1.54) is 25.0 Å². The molecule has 1 saturated carbocycles. The second-order valence-electron chi connectivity index (χ2n) is 8.64. The van der Waals surface area contributed by atoms with Crippen LogP contribution in [-0.4, -0.2) is 39.6 Å². The summed E-state index contributed by atoms with van der Waals surface area (Å²) in [6.07, 6.45) is 6.96. The maximum absolute atomic E-state index is 13.1. The smallest absolute Gasteiger partial charge is 0.255 e. The zero-order valence-corrected chi connectivity index (χ0v) is 19.7. The first-order valence-corrected chi connectivity index (χ1v) is 12.1. The third-order valence-electron chi connectivity index (χ3n) is 5.96. The lowest BCUT2D eigenvalue weighted by molar-refractivity contribution is 0.0787. The Morgan fingerprint density at radius 3 is 2.84 bits per heavy atom. The molecule has 3 aromatic rings. The predicted octanol–water partition coefficient (Wildman–Crippen LogP) is 5.30. The van der Waals surface area contributed by atoms with Gasteiger partial charge in [-0.15, -0.1) is 0 Å². The van der Waals surface area contributed by atoms with Crippen LogP contribution in [0.2, 0.25) is 5.02 Å². The molecule has 168 valence electrons. The molecule has 1 unspecified atom stereocenters. The molecule has 0 bridgehead atoms. The highest BCUT2D eigenvalue weighted by atomic mass is 35.5. The minimum atomic E-state index is 0.0547. The Balaban J connectivity index is 1.36. The first-order chi connectivity index (χ1) is 15.5. The zero-order valence-electron chi connectivity index (χ0n) is 18.1. The largest absolute Gasteiger partial charge is 0.455 e. The Labute approximate surface area is 196 Å². The van der Waals surface area contributed by atoms with Gasteiger partial charge in [-0.25, -0.2) is 9.24 Å². The predicted molar refractivity (Wildman–Crippen MR) is 129 cm³/mol. The number of benzene rings is 1. The summed E-state index contributed by atoms with van der Waals surface area (Å²) in [5, 5.41) is 4.97. The van der Waals surface area contributed by atoms with Crippen molar-refractivity contribution >= 4 is 40.8 Å². The quantitative estimate of drug-likeness (QED) is 0.456. The number of aryl methyl sites for hydroxylation is 1. The number of ether oxygens (including phenoxy) is 1. The lowest BCUT2D eigenvalue weighted by Gasteiger charge is -2.15. The highest BCUT2D eigenvalue weighted by molar-refractivity contribution is 7.98. The average Bonchev–Trinajstić information content (AvgIpc) is 3.39. The van der Waals surface area contributed by atoms with Gasteiger partial charge in [0.25, 0.3) is 5.91 Å². The van der Waals surface area contributed by atoms with Gasteiger partial charge in [0.05, 0.1) is 22.5 Å². The molecular weight excluding hydrogens is 446 g/mol. The number of nitrogens with zero attached hydrogens (tertiary/aromatic N) is 3. The van der Waals surface area contributed by atoms with Crippen LogP contribution in [0.4, 0.5) is 5.69 Å². The monoisotopic (exact) mass is 471 g/mol. The van der Waals surface area contributed by atoms with Gasteiger partial charge in [0, 0.05) is 49.6 Å². The summed E-state index contributed by atoms with van der Waals surface area (Å²) in [4.78, 5) is 15.0. The SMILES string of the molecule is Cc1c(C(=O)N2CCC(C)C2)cn2nccc(Oc3ccc(NSNC4CC4)c(Cl)c3)c12. The summed E-state index contributed by atoms with van der Waals surface area (Å²) in [7, 11) is 0. The van der Waals surface area contributed by atoms with Crippen molar-refractivity contribution in [3.63, 3.8) is 0 Å². The van der Waals surface area contributed by atoms with Crippen molar-refractivity contribution in [1.29, 1.82) is 0 Å². The van der Waals surface area contributed by atoms with Gasteiger partial charge < -0.3 is 14.4 Å². The fourth-order valence-corrected chi connectivity index (χ4v) is 4.97. The molecule has 7 nitrogen and oxygen atoms in total. The molecule has 1 aliphatic heterocycles. The Morgan fingerprint density at radius 2 is 2.12 bits per heavy atom. The number of hydrogen-bond acceptors (Lipinski definition) is 6. The van der Waals surface area contributed by atoms with E-state index in [9.17, 15) is 4.79 Å². The number of nitrogens with one attached hydrogen (secondary N) is 2. The van der Waals surface area contributed by atoms with Crippen molar-refractivity contribution in [2.24, 2.45) is 5.92 Å². The van der Waals surface area contributed by atoms with Gasteiger partial charge in [-0.1, -0.05) is 18.5 Å². The van der Waals surface area contributed by atoms with Gasteiger partial charge in [-0.05, 0) is 49.8 Å². The highest BCUT2D eigenvalue weighted by Crippen LogP contribution is 2.35. The zero-order chi connectivity index (χ0) is 22.2. The van der Waals surface area contributed by atoms with Crippen LogP contribution in [0.5, 0.6) is 11.5 Å². The number of fused-ring (bicyclic) bond motifs is 1. The molecule has 1 saturated heterocycles. The standard InChI is InChI=1S/C23H26ClN5O2S/c1-14-8-10-28(12-14)23(30)18-13-29-22(15(18)2)21(7-9-25-29)31-17-5-6-20(19(24)11-17)27-32-26-16-3-4-16/h5-7,9,11,13-14,16,26-27H,3-4,8,10,12H2,1-2H3. The molecule has 2 aromatic heterocycles. The molecule has 0 spiro atoms. The number of halogens is 1. The van der Waals surface area contributed by atoms with Gasteiger partial charge in [-0.2, -0.15) is 5.10 Å². The second kappa shape index (κ2) is 8.84. The third kappa shape index (κ3) is 4.40. The van der Waals surface area contributed by atoms with Gasteiger partial charge in [0.15, 0.2) is 5.75 Å². The Hall–Kier alpha value is -2.42. The molecule has 32 heavy (non-hydrogen) atoms. The van der Waals surface area contributed by atoms with E-state index in [1.807, 2.05) is 30.0 Å². The van der Waals surface area contributed by atoms with Crippen LogP contribution in [0.1, 0.15) is 42.1 Å². The fourth-order valence-electron chi connectivity index (χ4n) is 3.95. The van der Waals surface area contributed by atoms with Crippen molar-refractivity contribution < 1.29 is 9.53 Å². The molecule has 1 atom stereocenters. The minimum Gasteiger partial charge on any atom is -0.455 e. The summed E-state index contributed by atoms with van der Waals surface area (Å²) in [6.45, 7) is 5.73. The summed E-state index contributed by atoms with van der Waals surface area (Å²) in [5.74, 6) is 1.85. The van der Waals surface area contributed by atoms with Gasteiger partial charge in [0.1, 0.15) is 11.3 Å². The van der Waals surface area contributed by atoms with Crippen LogP contribution in [0.3, 0.4) is 0 Å². The van der Waals surface area contributed by atoms with E-state index in [1.54, 1.807) is 23.0 Å². The molecule has 1 amide bonds. The second-order valence-corrected chi connectivity index (χ2v) is 9.69. The van der Waals surface area contributed by atoms with E-state index in [2.05, 4.69) is 21.5 Å². The van der Waals surface area contributed by atoms with Crippen LogP contribution in [0.15, 0.2) is 36.7 Å². The van der Waals surface area contributed by atoms with Crippen molar-refractivity contribution in [3.05, 3.63) is 52.8 Å². The van der Waals surface area contributed by atoms with E-state index in [-0.39, 0.29) is 5.91 Å². The number of carbonyl (C=O) groups is 1. The van der Waals surface area contributed by atoms with E-state index in [0.717, 1.165) is 36.3 Å². The molecule has 1 aliphatic carbocycles. The molecule has 2 N–H and O–H groups in total. The van der Waals surface area contributed by atoms with Crippen LogP contribution in [-0.2, 0) is 0 Å². The molecule has 5 rings (SSSR count). The lowest BCUT2D eigenvalue weighted by atomic mass is 10.1. The Bertz CT molecular complexity index is 1160. The topological polar surface area (TPSA) is 70.9 Å². The minimum absolute atomic E-state index is 0.0547. The first-order valence-electron chi connectivity index (χ1n) is 10.9. The molecule has 3 heterocycles. The lowest BCUT2D eigenvalue weighted by Crippen LogP contribution is -2.28.